The molecule has 2 fully saturated rings. The Kier molecular flexibility index (Phi) is 2.10. The highest BCUT2D eigenvalue weighted by Gasteiger charge is 2.43. The second kappa shape index (κ2) is 2.98. The molecule has 2 saturated heterocycles. The van der Waals surface area contributed by atoms with Gasteiger partial charge in [0.15, 0.2) is 0 Å². The molecular weight excluding hydrogens is 154 g/mol. The van der Waals surface area contributed by atoms with Gasteiger partial charge in [0.25, 0.3) is 0 Å². The van der Waals surface area contributed by atoms with E-state index in [4.69, 9.17) is 4.74 Å². The van der Waals surface area contributed by atoms with Crippen molar-refractivity contribution in [1.82, 2.24) is 4.90 Å². The smallest absolute Gasteiger partial charge is 0.0760 e. The highest BCUT2D eigenvalue weighted by atomic mass is 16.5. The minimum Gasteiger partial charge on any atom is -0.391 e. The van der Waals surface area contributed by atoms with Gasteiger partial charge in [-0.25, -0.2) is 0 Å². The van der Waals surface area contributed by atoms with Gasteiger partial charge in [0.2, 0.25) is 0 Å². The molecule has 0 aromatic heterocycles. The molecule has 4 atom stereocenters. The zero-order valence-electron chi connectivity index (χ0n) is 7.73. The number of nitrogens with zero attached hydrogens (tertiary/aromatic N) is 1. The number of rotatable bonds is 1. The van der Waals surface area contributed by atoms with Crippen LogP contribution in [0, 0.1) is 0 Å². The number of aliphatic hydroxyl groups is 1. The van der Waals surface area contributed by atoms with Crippen LogP contribution in [0.25, 0.3) is 0 Å². The first-order chi connectivity index (χ1) is 5.68. The van der Waals surface area contributed by atoms with Crippen molar-refractivity contribution in [2.24, 2.45) is 0 Å². The molecule has 2 aliphatic heterocycles. The summed E-state index contributed by atoms with van der Waals surface area (Å²) in [6, 6.07) is 0.212. The van der Waals surface area contributed by atoms with Gasteiger partial charge in [0.05, 0.1) is 24.4 Å². The van der Waals surface area contributed by atoms with E-state index in [1.807, 2.05) is 14.1 Å². The molecule has 2 bridgehead atoms. The first-order valence-corrected chi connectivity index (χ1v) is 4.68. The minimum absolute atomic E-state index is 0.189. The fraction of sp³-hybridized carbons (Fsp3) is 1.00. The molecular formula is C9H17NO2. The Morgan fingerprint density at radius 1 is 1.33 bits per heavy atom. The molecule has 12 heavy (non-hydrogen) atoms. The molecule has 0 aliphatic carbocycles. The molecule has 0 amide bonds. The van der Waals surface area contributed by atoms with Gasteiger partial charge in [-0.2, -0.15) is 0 Å². The predicted octanol–water partition coefficient (Wildman–Crippen LogP) is 0.229. The summed E-state index contributed by atoms with van der Waals surface area (Å²) >= 11 is 0. The van der Waals surface area contributed by atoms with E-state index < -0.39 is 0 Å². The van der Waals surface area contributed by atoms with Gasteiger partial charge in [-0.1, -0.05) is 0 Å². The van der Waals surface area contributed by atoms with E-state index in [2.05, 4.69) is 4.90 Å². The van der Waals surface area contributed by atoms with E-state index in [1.54, 1.807) is 0 Å². The maximum Gasteiger partial charge on any atom is 0.0760 e. The highest BCUT2D eigenvalue weighted by molar-refractivity contribution is 4.95. The molecule has 0 saturated carbocycles. The van der Waals surface area contributed by atoms with Gasteiger partial charge in [-0.15, -0.1) is 0 Å². The minimum atomic E-state index is -0.189. The van der Waals surface area contributed by atoms with Gasteiger partial charge in [0.1, 0.15) is 0 Å². The summed E-state index contributed by atoms with van der Waals surface area (Å²) in [6.07, 6.45) is 3.48. The predicted molar refractivity (Wildman–Crippen MR) is 46.0 cm³/mol. The van der Waals surface area contributed by atoms with E-state index in [9.17, 15) is 5.11 Å². The third kappa shape index (κ3) is 1.26. The number of likely N-dealkylation sites (N-methyl/N-ethyl adjacent to an activating group) is 1. The molecule has 0 unspecified atom stereocenters. The maximum absolute atomic E-state index is 9.80. The molecule has 0 radical (unpaired) electrons. The Hall–Kier alpha value is -0.120. The summed E-state index contributed by atoms with van der Waals surface area (Å²) in [5, 5.41) is 9.80. The van der Waals surface area contributed by atoms with E-state index in [0.717, 1.165) is 19.3 Å². The quantitative estimate of drug-likeness (QED) is 0.613. The molecule has 0 aromatic carbocycles. The fourth-order valence-corrected chi connectivity index (χ4v) is 2.49. The zero-order valence-corrected chi connectivity index (χ0v) is 7.73. The monoisotopic (exact) mass is 171 g/mol. The molecule has 3 nitrogen and oxygen atoms in total. The molecule has 0 spiro atoms. The van der Waals surface area contributed by atoms with Gasteiger partial charge in [-0.05, 0) is 26.9 Å². The van der Waals surface area contributed by atoms with E-state index >= 15 is 0 Å². The lowest BCUT2D eigenvalue weighted by atomic mass is 10.00. The summed E-state index contributed by atoms with van der Waals surface area (Å²) in [4.78, 5) is 2.08. The van der Waals surface area contributed by atoms with Crippen LogP contribution in [0.3, 0.4) is 0 Å². The van der Waals surface area contributed by atoms with Crippen molar-refractivity contribution in [3.63, 3.8) is 0 Å². The summed E-state index contributed by atoms with van der Waals surface area (Å²) in [5.41, 5.74) is 0. The summed E-state index contributed by atoms with van der Waals surface area (Å²) in [5.74, 6) is 0. The van der Waals surface area contributed by atoms with Crippen LogP contribution in [0.15, 0.2) is 0 Å². The third-order valence-corrected chi connectivity index (χ3v) is 3.02. The van der Waals surface area contributed by atoms with Crippen molar-refractivity contribution < 1.29 is 9.84 Å². The van der Waals surface area contributed by atoms with Crippen LogP contribution in [-0.4, -0.2) is 48.5 Å². The third-order valence-electron chi connectivity index (χ3n) is 3.02. The molecule has 3 heteroatoms. The topological polar surface area (TPSA) is 32.7 Å². The summed E-state index contributed by atoms with van der Waals surface area (Å²) < 4.78 is 5.74. The Morgan fingerprint density at radius 3 is 2.75 bits per heavy atom. The Balaban J connectivity index is 2.10. The van der Waals surface area contributed by atoms with Gasteiger partial charge < -0.3 is 14.7 Å². The van der Waals surface area contributed by atoms with Crippen molar-refractivity contribution >= 4 is 0 Å². The van der Waals surface area contributed by atoms with Crippen LogP contribution in [0.4, 0.5) is 0 Å². The first kappa shape index (κ1) is 8.48. The maximum atomic E-state index is 9.80. The number of fused-ring (bicyclic) bond motifs is 2. The zero-order chi connectivity index (χ0) is 8.72. The van der Waals surface area contributed by atoms with Crippen LogP contribution < -0.4 is 0 Å². The molecule has 2 rings (SSSR count). The Labute approximate surface area is 73.3 Å². The molecule has 2 heterocycles. The molecule has 2 aliphatic rings. The molecule has 0 aromatic rings. The van der Waals surface area contributed by atoms with Crippen LogP contribution in [-0.2, 0) is 4.74 Å². The second-order valence-electron chi connectivity index (χ2n) is 4.13. The second-order valence-corrected chi connectivity index (χ2v) is 4.13. The van der Waals surface area contributed by atoms with Gasteiger partial charge in [-0.3, -0.25) is 0 Å². The lowest BCUT2D eigenvalue weighted by Crippen LogP contribution is -2.51. The van der Waals surface area contributed by atoms with Crippen LogP contribution in [0.5, 0.6) is 0 Å². The lowest BCUT2D eigenvalue weighted by molar-refractivity contribution is -0.104. The van der Waals surface area contributed by atoms with Crippen LogP contribution >= 0.6 is 0 Å². The number of hydrogen-bond donors (Lipinski definition) is 1. The van der Waals surface area contributed by atoms with Crippen molar-refractivity contribution in [1.29, 1.82) is 0 Å². The average molecular weight is 171 g/mol. The summed E-state index contributed by atoms with van der Waals surface area (Å²) in [7, 11) is 4.02. The SMILES string of the molecule is CN(C)[C@@H]1[C@@H]2CC[C@H](C[C@@H]1O)O2. The van der Waals surface area contributed by atoms with Crippen LogP contribution in [0.2, 0.25) is 0 Å². The Morgan fingerprint density at radius 2 is 2.08 bits per heavy atom. The van der Waals surface area contributed by atoms with Crippen molar-refractivity contribution in [3.05, 3.63) is 0 Å². The normalized spacial score (nSPS) is 47.0. The first-order valence-electron chi connectivity index (χ1n) is 4.68. The number of aliphatic hydroxyl groups excluding tert-OH is 1. The average Bonchev–Trinajstić information content (AvgIpc) is 2.31. The van der Waals surface area contributed by atoms with Gasteiger partial charge >= 0.3 is 0 Å². The van der Waals surface area contributed by atoms with Crippen molar-refractivity contribution in [3.8, 4) is 0 Å². The lowest BCUT2D eigenvalue weighted by Gasteiger charge is -2.37. The standard InChI is InChI=1S/C9H17NO2/c1-10(2)9-7(11)5-6-3-4-8(9)12-6/h6-9,11H,3-5H2,1-2H3/t6-,7+,8+,9+/m1/s1. The van der Waals surface area contributed by atoms with Crippen molar-refractivity contribution in [2.75, 3.05) is 14.1 Å². The van der Waals surface area contributed by atoms with Gasteiger partial charge in [0, 0.05) is 6.42 Å². The fourth-order valence-electron chi connectivity index (χ4n) is 2.49. The number of ether oxygens (including phenoxy) is 1. The highest BCUT2D eigenvalue weighted by Crippen LogP contribution is 2.34. The van der Waals surface area contributed by atoms with E-state index in [0.29, 0.717) is 6.10 Å². The Bertz CT molecular complexity index is 172. The van der Waals surface area contributed by atoms with E-state index in [-0.39, 0.29) is 18.2 Å². The summed E-state index contributed by atoms with van der Waals surface area (Å²) in [6.45, 7) is 0. The number of hydrogen-bond acceptors (Lipinski definition) is 3. The molecule has 1 N–H and O–H groups in total. The van der Waals surface area contributed by atoms with E-state index in [1.165, 1.54) is 0 Å². The van der Waals surface area contributed by atoms with Crippen LogP contribution in [0.1, 0.15) is 19.3 Å². The van der Waals surface area contributed by atoms with Crippen molar-refractivity contribution in [2.45, 2.75) is 43.6 Å². The molecule has 70 valence electrons. The largest absolute Gasteiger partial charge is 0.391 e.